The van der Waals surface area contributed by atoms with Crippen molar-refractivity contribution in [3.63, 3.8) is 0 Å². The standard InChI is InChI=1S/C24H31N3O5S/c1-2-9-22-16-27(19-24(22,25)23(28)32-18-21-12-7-4-8-13-21)33(29,30)26-14-15-31-17-20-10-5-3-6-11-20/h2-8,10-13,22,26H,1,9,14-19,25H2/t22-,24-/m0/s1. The maximum Gasteiger partial charge on any atom is 0.328 e. The number of hydrogen-bond donors (Lipinski definition) is 2. The van der Waals surface area contributed by atoms with E-state index in [4.69, 9.17) is 15.2 Å². The molecule has 0 spiro atoms. The lowest BCUT2D eigenvalue weighted by atomic mass is 9.86. The fourth-order valence-electron chi connectivity index (χ4n) is 3.75. The van der Waals surface area contributed by atoms with Gasteiger partial charge in [0, 0.05) is 25.6 Å². The summed E-state index contributed by atoms with van der Waals surface area (Å²) >= 11 is 0. The summed E-state index contributed by atoms with van der Waals surface area (Å²) in [6.07, 6.45) is 2.03. The quantitative estimate of drug-likeness (QED) is 0.277. The van der Waals surface area contributed by atoms with Gasteiger partial charge in [-0.1, -0.05) is 66.7 Å². The SMILES string of the molecule is C=CC[C@H]1CN(S(=O)(=O)NCCOCc2ccccc2)C[C@@]1(N)C(=O)OCc1ccccc1. The molecule has 0 aromatic heterocycles. The number of benzene rings is 2. The summed E-state index contributed by atoms with van der Waals surface area (Å²) in [5, 5.41) is 0. The highest BCUT2D eigenvalue weighted by atomic mass is 32.2. The summed E-state index contributed by atoms with van der Waals surface area (Å²) in [5.41, 5.74) is 6.82. The van der Waals surface area contributed by atoms with Crippen LogP contribution in [0, 0.1) is 5.92 Å². The number of carbonyl (C=O) groups is 1. The maximum atomic E-state index is 12.9. The molecule has 3 N–H and O–H groups in total. The number of nitrogens with zero attached hydrogens (tertiary/aromatic N) is 1. The normalized spacial score (nSPS) is 21.1. The molecule has 3 rings (SSSR count). The third-order valence-corrected chi connectivity index (χ3v) is 7.14. The van der Waals surface area contributed by atoms with E-state index in [0.29, 0.717) is 13.0 Å². The van der Waals surface area contributed by atoms with Crippen LogP contribution in [0.2, 0.25) is 0 Å². The molecule has 2 aromatic carbocycles. The number of carbonyl (C=O) groups excluding carboxylic acids is 1. The lowest BCUT2D eigenvalue weighted by molar-refractivity contribution is -0.152. The van der Waals surface area contributed by atoms with Gasteiger partial charge in [0.25, 0.3) is 10.2 Å². The van der Waals surface area contributed by atoms with Crippen molar-refractivity contribution < 1.29 is 22.7 Å². The van der Waals surface area contributed by atoms with Gasteiger partial charge in [-0.2, -0.15) is 17.4 Å². The first-order valence-electron chi connectivity index (χ1n) is 10.8. The monoisotopic (exact) mass is 473 g/mol. The second-order valence-electron chi connectivity index (χ2n) is 8.05. The van der Waals surface area contributed by atoms with Crippen molar-refractivity contribution in [3.8, 4) is 0 Å². The zero-order valence-corrected chi connectivity index (χ0v) is 19.4. The fraction of sp³-hybridized carbons (Fsp3) is 0.375. The van der Waals surface area contributed by atoms with Gasteiger partial charge in [0.2, 0.25) is 0 Å². The van der Waals surface area contributed by atoms with Crippen LogP contribution in [-0.2, 0) is 37.7 Å². The van der Waals surface area contributed by atoms with Gasteiger partial charge in [0.05, 0.1) is 13.2 Å². The minimum absolute atomic E-state index is 0.0726. The molecule has 0 aliphatic carbocycles. The zero-order chi connectivity index (χ0) is 23.7. The van der Waals surface area contributed by atoms with E-state index in [-0.39, 0.29) is 32.8 Å². The molecule has 1 aliphatic heterocycles. The summed E-state index contributed by atoms with van der Waals surface area (Å²) in [5.74, 6) is -1.06. The average molecular weight is 474 g/mol. The van der Waals surface area contributed by atoms with Crippen molar-refractivity contribution in [2.45, 2.75) is 25.2 Å². The van der Waals surface area contributed by atoms with Gasteiger partial charge < -0.3 is 15.2 Å². The molecule has 8 nitrogen and oxygen atoms in total. The van der Waals surface area contributed by atoms with Crippen LogP contribution in [0.15, 0.2) is 73.3 Å². The summed E-state index contributed by atoms with van der Waals surface area (Å²) in [7, 11) is -3.85. The van der Waals surface area contributed by atoms with Crippen molar-refractivity contribution in [1.82, 2.24) is 9.03 Å². The molecule has 2 aromatic rings. The zero-order valence-electron chi connectivity index (χ0n) is 18.6. The Morgan fingerprint density at radius 1 is 1.12 bits per heavy atom. The van der Waals surface area contributed by atoms with Crippen LogP contribution >= 0.6 is 0 Å². The Balaban J connectivity index is 1.55. The fourth-order valence-corrected chi connectivity index (χ4v) is 5.03. The van der Waals surface area contributed by atoms with E-state index in [0.717, 1.165) is 11.1 Å². The number of hydrogen-bond acceptors (Lipinski definition) is 6. The van der Waals surface area contributed by atoms with E-state index in [1.165, 1.54) is 4.31 Å². The molecule has 0 saturated carbocycles. The highest BCUT2D eigenvalue weighted by molar-refractivity contribution is 7.87. The number of nitrogens with one attached hydrogen (secondary N) is 1. The Labute approximate surface area is 195 Å². The lowest BCUT2D eigenvalue weighted by Gasteiger charge is -2.27. The van der Waals surface area contributed by atoms with Gasteiger partial charge in [0.1, 0.15) is 12.1 Å². The Morgan fingerprint density at radius 2 is 1.73 bits per heavy atom. The van der Waals surface area contributed by atoms with Crippen molar-refractivity contribution in [2.75, 3.05) is 26.2 Å². The molecule has 33 heavy (non-hydrogen) atoms. The maximum absolute atomic E-state index is 12.9. The number of allylic oxidation sites excluding steroid dienone is 1. The molecular formula is C24H31N3O5S. The topological polar surface area (TPSA) is 111 Å². The first kappa shape index (κ1) is 25.1. The van der Waals surface area contributed by atoms with Gasteiger partial charge >= 0.3 is 5.97 Å². The third-order valence-electron chi connectivity index (χ3n) is 5.62. The van der Waals surface area contributed by atoms with Crippen molar-refractivity contribution in [3.05, 3.63) is 84.4 Å². The van der Waals surface area contributed by atoms with E-state index < -0.39 is 27.6 Å². The van der Waals surface area contributed by atoms with Gasteiger partial charge in [-0.15, -0.1) is 6.58 Å². The summed E-state index contributed by atoms with van der Waals surface area (Å²) in [4.78, 5) is 12.9. The minimum atomic E-state index is -3.85. The van der Waals surface area contributed by atoms with E-state index in [1.807, 2.05) is 60.7 Å². The van der Waals surface area contributed by atoms with Crippen LogP contribution in [0.3, 0.4) is 0 Å². The Morgan fingerprint density at radius 3 is 2.33 bits per heavy atom. The highest BCUT2D eigenvalue weighted by Gasteiger charge is 2.52. The summed E-state index contributed by atoms with van der Waals surface area (Å²) in [6.45, 7) is 4.44. The molecule has 0 radical (unpaired) electrons. The summed E-state index contributed by atoms with van der Waals surface area (Å²) in [6, 6.07) is 18.9. The number of nitrogens with two attached hydrogens (primary N) is 1. The van der Waals surface area contributed by atoms with Crippen LogP contribution in [0.5, 0.6) is 0 Å². The van der Waals surface area contributed by atoms with Crippen molar-refractivity contribution in [2.24, 2.45) is 11.7 Å². The van der Waals surface area contributed by atoms with E-state index >= 15 is 0 Å². The number of esters is 1. The molecule has 0 amide bonds. The molecule has 1 heterocycles. The van der Waals surface area contributed by atoms with E-state index in [2.05, 4.69) is 11.3 Å². The first-order chi connectivity index (χ1) is 15.8. The molecule has 2 atom stereocenters. The molecule has 0 unspecified atom stereocenters. The Bertz CT molecular complexity index is 1020. The van der Waals surface area contributed by atoms with Gasteiger partial charge in [-0.3, -0.25) is 0 Å². The van der Waals surface area contributed by atoms with Gasteiger partial charge in [-0.05, 0) is 17.5 Å². The van der Waals surface area contributed by atoms with E-state index in [9.17, 15) is 13.2 Å². The summed E-state index contributed by atoms with van der Waals surface area (Å²) < 4.78 is 40.4. The molecule has 1 saturated heterocycles. The Hall–Kier alpha value is -2.56. The largest absolute Gasteiger partial charge is 0.459 e. The van der Waals surface area contributed by atoms with Crippen LogP contribution in [0.4, 0.5) is 0 Å². The van der Waals surface area contributed by atoms with Gasteiger partial charge in [-0.25, -0.2) is 4.79 Å². The lowest BCUT2D eigenvalue weighted by Crippen LogP contribution is -2.56. The predicted molar refractivity (Wildman–Crippen MR) is 126 cm³/mol. The van der Waals surface area contributed by atoms with Crippen molar-refractivity contribution in [1.29, 1.82) is 0 Å². The average Bonchev–Trinajstić information content (AvgIpc) is 3.17. The van der Waals surface area contributed by atoms with Crippen LogP contribution in [-0.4, -0.2) is 50.5 Å². The van der Waals surface area contributed by atoms with E-state index in [1.54, 1.807) is 6.08 Å². The first-order valence-corrected chi connectivity index (χ1v) is 12.3. The molecule has 1 fully saturated rings. The highest BCUT2D eigenvalue weighted by Crippen LogP contribution is 2.31. The molecule has 178 valence electrons. The number of ether oxygens (including phenoxy) is 2. The Kier molecular flexibility index (Phi) is 8.76. The number of rotatable bonds is 12. The molecule has 9 heteroatoms. The minimum Gasteiger partial charge on any atom is -0.459 e. The van der Waals surface area contributed by atoms with Crippen molar-refractivity contribution >= 4 is 16.2 Å². The molecule has 1 aliphatic rings. The predicted octanol–water partition coefficient (Wildman–Crippen LogP) is 1.99. The smallest absolute Gasteiger partial charge is 0.328 e. The molecular weight excluding hydrogens is 442 g/mol. The second kappa shape index (κ2) is 11.5. The second-order valence-corrected chi connectivity index (χ2v) is 9.81. The van der Waals surface area contributed by atoms with Crippen LogP contribution < -0.4 is 10.5 Å². The third kappa shape index (κ3) is 6.72. The molecule has 0 bridgehead atoms. The van der Waals surface area contributed by atoms with Crippen LogP contribution in [0.1, 0.15) is 17.5 Å². The van der Waals surface area contributed by atoms with Crippen LogP contribution in [0.25, 0.3) is 0 Å². The van der Waals surface area contributed by atoms with Gasteiger partial charge in [0.15, 0.2) is 0 Å².